The third-order valence-corrected chi connectivity index (χ3v) is 3.70. The average Bonchev–Trinajstić information content (AvgIpc) is 3.03. The van der Waals surface area contributed by atoms with Crippen LogP contribution in [-0.2, 0) is 4.74 Å². The van der Waals surface area contributed by atoms with Crippen molar-refractivity contribution >= 4 is 11.6 Å². The van der Waals surface area contributed by atoms with Gasteiger partial charge in [0.2, 0.25) is 0 Å². The molecule has 5 heteroatoms. The number of nitrogen functional groups attached to an aromatic ring is 1. The van der Waals surface area contributed by atoms with Gasteiger partial charge in [-0.15, -0.1) is 0 Å². The van der Waals surface area contributed by atoms with E-state index in [-0.39, 0.29) is 11.9 Å². The molecule has 2 rings (SSSR count). The molecule has 1 heterocycles. The van der Waals surface area contributed by atoms with Gasteiger partial charge < -0.3 is 20.4 Å². The summed E-state index contributed by atoms with van der Waals surface area (Å²) in [6.07, 6.45) is 7.02. The van der Waals surface area contributed by atoms with Gasteiger partial charge in [-0.1, -0.05) is 12.8 Å². The molecule has 0 spiro atoms. The highest BCUT2D eigenvalue weighted by molar-refractivity contribution is 5.93. The number of nitrogens with zero attached hydrogens (tertiary/aromatic N) is 1. The second-order valence-electron chi connectivity index (χ2n) is 5.69. The van der Waals surface area contributed by atoms with Crippen LogP contribution in [-0.4, -0.2) is 29.7 Å². The Morgan fingerprint density at radius 2 is 2.20 bits per heavy atom. The Kier molecular flexibility index (Phi) is 5.06. The average molecular weight is 279 g/mol. The first-order valence-electron chi connectivity index (χ1n) is 7.45. The van der Waals surface area contributed by atoms with Crippen LogP contribution in [0.15, 0.2) is 12.3 Å². The zero-order chi connectivity index (χ0) is 14.5. The number of hydrogen-bond donors (Lipinski definition) is 2. The summed E-state index contributed by atoms with van der Waals surface area (Å²) in [5, 5.41) is 2.89. The molecule has 0 saturated heterocycles. The third-order valence-electron chi connectivity index (χ3n) is 3.70. The van der Waals surface area contributed by atoms with Gasteiger partial charge in [0.05, 0.1) is 18.4 Å². The van der Waals surface area contributed by atoms with Crippen molar-refractivity contribution in [3.63, 3.8) is 0 Å². The van der Waals surface area contributed by atoms with Gasteiger partial charge in [0, 0.05) is 18.8 Å². The van der Waals surface area contributed by atoms with Gasteiger partial charge in [-0.2, -0.15) is 0 Å². The van der Waals surface area contributed by atoms with Gasteiger partial charge >= 0.3 is 0 Å². The molecule has 3 N–H and O–H groups in total. The molecule has 0 radical (unpaired) electrons. The van der Waals surface area contributed by atoms with Crippen LogP contribution in [0.1, 0.15) is 56.1 Å². The number of nitrogens with one attached hydrogen (secondary N) is 1. The van der Waals surface area contributed by atoms with Crippen LogP contribution in [0.4, 0.5) is 5.69 Å². The molecule has 0 atom stereocenters. The van der Waals surface area contributed by atoms with E-state index < -0.39 is 0 Å². The predicted octanol–water partition coefficient (Wildman–Crippen LogP) is 2.34. The topological polar surface area (TPSA) is 69.3 Å². The highest BCUT2D eigenvalue weighted by atomic mass is 16.5. The van der Waals surface area contributed by atoms with Gasteiger partial charge in [0.1, 0.15) is 5.69 Å². The Labute approximate surface area is 120 Å². The van der Waals surface area contributed by atoms with Crippen molar-refractivity contribution in [3.8, 4) is 0 Å². The van der Waals surface area contributed by atoms with Crippen LogP contribution in [0.2, 0.25) is 0 Å². The highest BCUT2D eigenvalue weighted by Crippen LogP contribution is 2.20. The molecule has 1 aromatic heterocycles. The summed E-state index contributed by atoms with van der Waals surface area (Å²) in [7, 11) is 0. The van der Waals surface area contributed by atoms with Crippen LogP contribution in [0, 0.1) is 0 Å². The lowest BCUT2D eigenvalue weighted by Crippen LogP contribution is -2.30. The minimum absolute atomic E-state index is 0.0922. The lowest BCUT2D eigenvalue weighted by atomic mass is 10.3. The molecule has 112 valence electrons. The minimum Gasteiger partial charge on any atom is -0.397 e. The van der Waals surface area contributed by atoms with E-state index in [1.807, 2.05) is 18.4 Å². The Morgan fingerprint density at radius 1 is 1.50 bits per heavy atom. The van der Waals surface area contributed by atoms with Crippen molar-refractivity contribution in [2.24, 2.45) is 0 Å². The van der Waals surface area contributed by atoms with E-state index in [0.717, 1.165) is 12.8 Å². The molecule has 5 nitrogen and oxygen atoms in total. The van der Waals surface area contributed by atoms with E-state index in [4.69, 9.17) is 10.5 Å². The maximum absolute atomic E-state index is 12.1. The van der Waals surface area contributed by atoms with E-state index in [9.17, 15) is 4.79 Å². The van der Waals surface area contributed by atoms with Gasteiger partial charge in [-0.3, -0.25) is 4.79 Å². The zero-order valence-corrected chi connectivity index (χ0v) is 12.4. The van der Waals surface area contributed by atoms with Crippen molar-refractivity contribution in [1.29, 1.82) is 0 Å². The lowest BCUT2D eigenvalue weighted by Gasteiger charge is -2.14. The second-order valence-corrected chi connectivity index (χ2v) is 5.69. The van der Waals surface area contributed by atoms with Crippen molar-refractivity contribution in [1.82, 2.24) is 9.88 Å². The normalized spacial score (nSPS) is 15.9. The number of aromatic nitrogens is 1. The number of nitrogens with two attached hydrogens (primary N) is 1. The van der Waals surface area contributed by atoms with Gasteiger partial charge in [-0.05, 0) is 32.8 Å². The van der Waals surface area contributed by atoms with Crippen molar-refractivity contribution in [2.45, 2.75) is 51.7 Å². The number of anilines is 1. The fourth-order valence-corrected chi connectivity index (χ4v) is 2.65. The summed E-state index contributed by atoms with van der Waals surface area (Å²) in [4.78, 5) is 12.1. The summed E-state index contributed by atoms with van der Waals surface area (Å²) in [5.41, 5.74) is 6.99. The van der Waals surface area contributed by atoms with Gasteiger partial charge in [0.25, 0.3) is 5.91 Å². The molecule has 1 aliphatic carbocycles. The van der Waals surface area contributed by atoms with E-state index >= 15 is 0 Å². The molecule has 20 heavy (non-hydrogen) atoms. The first kappa shape index (κ1) is 14.9. The fraction of sp³-hybridized carbons (Fsp3) is 0.667. The van der Waals surface area contributed by atoms with Crippen molar-refractivity contribution in [2.75, 3.05) is 18.9 Å². The smallest absolute Gasteiger partial charge is 0.268 e. The fourth-order valence-electron chi connectivity index (χ4n) is 2.65. The predicted molar refractivity (Wildman–Crippen MR) is 79.8 cm³/mol. The summed E-state index contributed by atoms with van der Waals surface area (Å²) < 4.78 is 7.62. The monoisotopic (exact) mass is 279 g/mol. The molecule has 1 amide bonds. The minimum atomic E-state index is -0.0922. The Balaban J connectivity index is 1.79. The summed E-state index contributed by atoms with van der Waals surface area (Å²) in [6.45, 7) is 5.17. The largest absolute Gasteiger partial charge is 0.397 e. The molecular weight excluding hydrogens is 254 g/mol. The molecule has 0 aromatic carbocycles. The molecule has 0 aliphatic heterocycles. The first-order valence-corrected chi connectivity index (χ1v) is 7.45. The number of ether oxygens (including phenoxy) is 1. The molecule has 1 fully saturated rings. The van der Waals surface area contributed by atoms with E-state index in [1.165, 1.54) is 12.8 Å². The number of rotatable bonds is 6. The summed E-state index contributed by atoms with van der Waals surface area (Å²) in [6, 6.07) is 1.93. The van der Waals surface area contributed by atoms with Gasteiger partial charge in [-0.25, -0.2) is 0 Å². The molecule has 0 unspecified atom stereocenters. The Hall–Kier alpha value is -1.49. The maximum atomic E-state index is 12.1. The summed E-state index contributed by atoms with van der Waals surface area (Å²) in [5.74, 6) is -0.0922. The molecular formula is C15H25N3O2. The number of hydrogen-bond acceptors (Lipinski definition) is 3. The lowest BCUT2D eigenvalue weighted by molar-refractivity contribution is 0.0580. The number of carbonyl (C=O) groups excluding carboxylic acids is 1. The SMILES string of the molecule is CC(C)n1cc(N)cc1C(=O)NCCOC1CCCC1. The second kappa shape index (κ2) is 6.79. The summed E-state index contributed by atoms with van der Waals surface area (Å²) >= 11 is 0. The molecule has 0 bridgehead atoms. The Morgan fingerprint density at radius 3 is 2.85 bits per heavy atom. The standard InChI is InChI=1S/C15H25N3O2/c1-11(2)18-10-12(16)9-14(18)15(19)17-7-8-20-13-5-3-4-6-13/h9-11,13H,3-8,16H2,1-2H3,(H,17,19). The molecule has 1 aromatic rings. The first-order chi connectivity index (χ1) is 9.58. The quantitative estimate of drug-likeness (QED) is 0.785. The molecule has 1 saturated carbocycles. The van der Waals surface area contributed by atoms with Crippen LogP contribution in [0.3, 0.4) is 0 Å². The van der Waals surface area contributed by atoms with Crippen LogP contribution < -0.4 is 11.1 Å². The van der Waals surface area contributed by atoms with Crippen LogP contribution in [0.5, 0.6) is 0 Å². The Bertz CT molecular complexity index is 448. The van der Waals surface area contributed by atoms with Crippen LogP contribution >= 0.6 is 0 Å². The maximum Gasteiger partial charge on any atom is 0.268 e. The number of amides is 1. The number of carbonyl (C=O) groups is 1. The highest BCUT2D eigenvalue weighted by Gasteiger charge is 2.16. The van der Waals surface area contributed by atoms with Crippen molar-refractivity contribution in [3.05, 3.63) is 18.0 Å². The van der Waals surface area contributed by atoms with E-state index in [1.54, 1.807) is 12.3 Å². The zero-order valence-electron chi connectivity index (χ0n) is 12.4. The van der Waals surface area contributed by atoms with Crippen LogP contribution in [0.25, 0.3) is 0 Å². The van der Waals surface area contributed by atoms with Gasteiger partial charge in [0.15, 0.2) is 0 Å². The van der Waals surface area contributed by atoms with E-state index in [2.05, 4.69) is 5.32 Å². The third kappa shape index (κ3) is 3.76. The molecule has 1 aliphatic rings. The van der Waals surface area contributed by atoms with Crippen molar-refractivity contribution < 1.29 is 9.53 Å². The van der Waals surface area contributed by atoms with E-state index in [0.29, 0.717) is 30.6 Å².